The van der Waals surface area contributed by atoms with Gasteiger partial charge in [0.2, 0.25) is 0 Å². The Morgan fingerprint density at radius 3 is 2.36 bits per heavy atom. The maximum absolute atomic E-state index is 5.98. The molecule has 1 aliphatic rings. The van der Waals surface area contributed by atoms with E-state index < -0.39 is 0 Å². The Kier molecular flexibility index (Phi) is 4.39. The van der Waals surface area contributed by atoms with Gasteiger partial charge in [-0.05, 0) is 30.6 Å². The van der Waals surface area contributed by atoms with Gasteiger partial charge in [-0.3, -0.25) is 0 Å². The summed E-state index contributed by atoms with van der Waals surface area (Å²) in [4.78, 5) is 0. The molecule has 0 aromatic carbocycles. The van der Waals surface area contributed by atoms with Crippen molar-refractivity contribution in [2.24, 2.45) is 17.1 Å². The van der Waals surface area contributed by atoms with E-state index in [0.29, 0.717) is 17.4 Å². The Bertz CT molecular complexity index is 156. The number of nitrogens with two attached hydrogens (primary N) is 1. The minimum atomic E-state index is 0.309. The number of hydrogen-bond acceptors (Lipinski definition) is 2. The molecule has 2 nitrogen and oxygen atoms in total. The number of nitrogens with one attached hydrogen (secondary N) is 1. The highest BCUT2D eigenvalue weighted by molar-refractivity contribution is 4.88. The molecular weight excluding hydrogens is 172 g/mol. The molecule has 1 rings (SSSR count). The SMILES string of the molecule is CCC1(CNCC(N)C(C)C)CCC1. The molecule has 2 heteroatoms. The molecular formula is C12H26N2. The summed E-state index contributed by atoms with van der Waals surface area (Å²) in [5.74, 6) is 0.585. The minimum absolute atomic E-state index is 0.309. The van der Waals surface area contributed by atoms with Crippen molar-refractivity contribution in [1.29, 1.82) is 0 Å². The van der Waals surface area contributed by atoms with Crippen LogP contribution >= 0.6 is 0 Å². The molecule has 1 saturated carbocycles. The first kappa shape index (κ1) is 12.0. The second kappa shape index (κ2) is 5.13. The molecule has 14 heavy (non-hydrogen) atoms. The highest BCUT2D eigenvalue weighted by atomic mass is 14.9. The van der Waals surface area contributed by atoms with Gasteiger partial charge < -0.3 is 11.1 Å². The second-order valence-electron chi connectivity index (χ2n) is 5.25. The number of hydrogen-bond donors (Lipinski definition) is 2. The molecule has 1 aliphatic carbocycles. The van der Waals surface area contributed by atoms with E-state index in [1.807, 2.05) is 0 Å². The van der Waals surface area contributed by atoms with Gasteiger partial charge in [0.25, 0.3) is 0 Å². The Morgan fingerprint density at radius 1 is 1.36 bits per heavy atom. The molecule has 0 aliphatic heterocycles. The molecule has 3 N–H and O–H groups in total. The lowest BCUT2D eigenvalue weighted by molar-refractivity contribution is 0.123. The van der Waals surface area contributed by atoms with E-state index in [4.69, 9.17) is 5.73 Å². The van der Waals surface area contributed by atoms with Gasteiger partial charge in [0, 0.05) is 19.1 Å². The first-order chi connectivity index (χ1) is 6.59. The van der Waals surface area contributed by atoms with Crippen LogP contribution in [-0.4, -0.2) is 19.1 Å². The monoisotopic (exact) mass is 198 g/mol. The van der Waals surface area contributed by atoms with E-state index in [-0.39, 0.29) is 0 Å². The zero-order valence-corrected chi connectivity index (χ0v) is 9.97. The fourth-order valence-corrected chi connectivity index (χ4v) is 2.07. The van der Waals surface area contributed by atoms with Crippen LogP contribution in [0.2, 0.25) is 0 Å². The third-order valence-corrected chi connectivity index (χ3v) is 3.90. The lowest BCUT2D eigenvalue weighted by Gasteiger charge is -2.41. The average Bonchev–Trinajstić information content (AvgIpc) is 2.09. The Hall–Kier alpha value is -0.0800. The molecule has 1 unspecified atom stereocenters. The van der Waals surface area contributed by atoms with Crippen molar-refractivity contribution in [1.82, 2.24) is 5.32 Å². The summed E-state index contributed by atoms with van der Waals surface area (Å²) in [6, 6.07) is 0.309. The first-order valence-electron chi connectivity index (χ1n) is 6.06. The fraction of sp³-hybridized carbons (Fsp3) is 1.00. The van der Waals surface area contributed by atoms with Crippen LogP contribution in [0.25, 0.3) is 0 Å². The molecule has 0 amide bonds. The van der Waals surface area contributed by atoms with Crippen LogP contribution in [0.1, 0.15) is 46.5 Å². The van der Waals surface area contributed by atoms with E-state index >= 15 is 0 Å². The van der Waals surface area contributed by atoms with Crippen molar-refractivity contribution >= 4 is 0 Å². The lowest BCUT2D eigenvalue weighted by Crippen LogP contribution is -2.44. The summed E-state index contributed by atoms with van der Waals surface area (Å²) in [6.45, 7) is 8.82. The minimum Gasteiger partial charge on any atom is -0.326 e. The van der Waals surface area contributed by atoms with Crippen LogP contribution in [0.15, 0.2) is 0 Å². The van der Waals surface area contributed by atoms with Gasteiger partial charge >= 0.3 is 0 Å². The van der Waals surface area contributed by atoms with Crippen LogP contribution in [0.4, 0.5) is 0 Å². The Morgan fingerprint density at radius 2 is 2.00 bits per heavy atom. The van der Waals surface area contributed by atoms with E-state index in [2.05, 4.69) is 26.1 Å². The van der Waals surface area contributed by atoms with Crippen molar-refractivity contribution in [3.8, 4) is 0 Å². The Labute approximate surface area is 88.6 Å². The molecule has 0 bridgehead atoms. The molecule has 84 valence electrons. The lowest BCUT2D eigenvalue weighted by atomic mass is 9.67. The van der Waals surface area contributed by atoms with Crippen LogP contribution < -0.4 is 11.1 Å². The standard InChI is InChI=1S/C12H26N2/c1-4-12(6-5-7-12)9-14-8-11(13)10(2)3/h10-11,14H,4-9,13H2,1-3H3. The Balaban J connectivity index is 2.14. The zero-order chi connectivity index (χ0) is 10.6. The normalized spacial score (nSPS) is 22.1. The molecule has 0 heterocycles. The molecule has 0 saturated heterocycles. The van der Waals surface area contributed by atoms with E-state index in [0.717, 1.165) is 6.54 Å². The van der Waals surface area contributed by atoms with Crippen LogP contribution in [-0.2, 0) is 0 Å². The molecule has 0 spiro atoms. The van der Waals surface area contributed by atoms with Crippen LogP contribution in [0.3, 0.4) is 0 Å². The predicted octanol–water partition coefficient (Wildman–Crippen LogP) is 2.14. The molecule has 0 radical (unpaired) electrons. The summed E-state index contributed by atoms with van der Waals surface area (Å²) in [5.41, 5.74) is 6.61. The second-order valence-corrected chi connectivity index (χ2v) is 5.25. The van der Waals surface area contributed by atoms with Gasteiger partial charge in [0.05, 0.1) is 0 Å². The van der Waals surface area contributed by atoms with Crippen molar-refractivity contribution in [3.63, 3.8) is 0 Å². The van der Waals surface area contributed by atoms with Crippen molar-refractivity contribution in [2.75, 3.05) is 13.1 Å². The third-order valence-electron chi connectivity index (χ3n) is 3.90. The first-order valence-corrected chi connectivity index (χ1v) is 6.06. The van der Waals surface area contributed by atoms with Gasteiger partial charge in [0.1, 0.15) is 0 Å². The van der Waals surface area contributed by atoms with Crippen molar-refractivity contribution in [2.45, 2.75) is 52.5 Å². The molecule has 0 aromatic rings. The maximum atomic E-state index is 5.98. The molecule has 1 fully saturated rings. The highest BCUT2D eigenvalue weighted by Crippen LogP contribution is 2.42. The zero-order valence-electron chi connectivity index (χ0n) is 9.97. The van der Waals surface area contributed by atoms with E-state index in [9.17, 15) is 0 Å². The van der Waals surface area contributed by atoms with Gasteiger partial charge in [-0.25, -0.2) is 0 Å². The fourth-order valence-electron chi connectivity index (χ4n) is 2.07. The van der Waals surface area contributed by atoms with Gasteiger partial charge in [0.15, 0.2) is 0 Å². The predicted molar refractivity (Wildman–Crippen MR) is 62.3 cm³/mol. The highest BCUT2D eigenvalue weighted by Gasteiger charge is 2.34. The largest absolute Gasteiger partial charge is 0.326 e. The summed E-state index contributed by atoms with van der Waals surface area (Å²) in [6.07, 6.45) is 5.56. The topological polar surface area (TPSA) is 38.0 Å². The summed E-state index contributed by atoms with van der Waals surface area (Å²) in [7, 11) is 0. The van der Waals surface area contributed by atoms with E-state index in [1.54, 1.807) is 0 Å². The van der Waals surface area contributed by atoms with Crippen molar-refractivity contribution < 1.29 is 0 Å². The smallest absolute Gasteiger partial charge is 0.0188 e. The summed E-state index contributed by atoms with van der Waals surface area (Å²) in [5, 5.41) is 3.54. The van der Waals surface area contributed by atoms with E-state index in [1.165, 1.54) is 32.2 Å². The maximum Gasteiger partial charge on any atom is 0.0188 e. The summed E-state index contributed by atoms with van der Waals surface area (Å²) >= 11 is 0. The average molecular weight is 198 g/mol. The van der Waals surface area contributed by atoms with Gasteiger partial charge in [-0.15, -0.1) is 0 Å². The third kappa shape index (κ3) is 2.96. The number of rotatable bonds is 6. The van der Waals surface area contributed by atoms with Crippen molar-refractivity contribution in [3.05, 3.63) is 0 Å². The van der Waals surface area contributed by atoms with Gasteiger partial charge in [-0.1, -0.05) is 27.2 Å². The molecule has 1 atom stereocenters. The van der Waals surface area contributed by atoms with Gasteiger partial charge in [-0.2, -0.15) is 0 Å². The molecule has 0 aromatic heterocycles. The quantitative estimate of drug-likeness (QED) is 0.686. The van der Waals surface area contributed by atoms with Crippen LogP contribution in [0, 0.1) is 11.3 Å². The summed E-state index contributed by atoms with van der Waals surface area (Å²) < 4.78 is 0. The van der Waals surface area contributed by atoms with Crippen LogP contribution in [0.5, 0.6) is 0 Å².